The van der Waals surface area contributed by atoms with Crippen molar-refractivity contribution in [1.82, 2.24) is 5.32 Å². The lowest BCUT2D eigenvalue weighted by Crippen LogP contribution is -2.34. The molecule has 0 aliphatic rings. The molecule has 35 heavy (non-hydrogen) atoms. The molecule has 10 nitrogen and oxygen atoms in total. The molecule has 11 heteroatoms. The summed E-state index contributed by atoms with van der Waals surface area (Å²) < 4.78 is 26.4. The average Bonchev–Trinajstić information content (AvgIpc) is 2.84. The zero-order valence-electron chi connectivity index (χ0n) is 20.2. The minimum Gasteiger partial charge on any atom is -0.490 e. The second kappa shape index (κ2) is 13.1. The molecule has 0 fully saturated rings. The minimum atomic E-state index is -0.657. The van der Waals surface area contributed by atoms with Crippen molar-refractivity contribution in [2.75, 3.05) is 39.4 Å². The Morgan fingerprint density at radius 2 is 1.23 bits per heavy atom. The number of esters is 2. The van der Waals surface area contributed by atoms with E-state index in [1.807, 2.05) is 20.8 Å². The third-order valence-corrected chi connectivity index (χ3v) is 4.64. The Bertz CT molecular complexity index is 1040. The summed E-state index contributed by atoms with van der Waals surface area (Å²) in [5, 5.41) is 5.27. The van der Waals surface area contributed by atoms with E-state index in [2.05, 4.69) is 10.6 Å². The molecule has 2 rings (SSSR count). The van der Waals surface area contributed by atoms with E-state index in [0.717, 1.165) is 0 Å². The lowest BCUT2D eigenvalue weighted by atomic mass is 10.1. The van der Waals surface area contributed by atoms with Crippen LogP contribution in [0.1, 0.15) is 51.8 Å². The molecule has 0 saturated heterocycles. The Hall–Kier alpha value is -3.86. The Labute approximate surface area is 208 Å². The number of carbonyl (C=O) groups excluding carboxylic acids is 3. The summed E-state index contributed by atoms with van der Waals surface area (Å²) in [6.45, 7) is 6.56. The predicted molar refractivity (Wildman–Crippen MR) is 133 cm³/mol. The van der Waals surface area contributed by atoms with Crippen molar-refractivity contribution in [3.8, 4) is 17.2 Å². The standard InChI is InChI=1S/C24H28N2O8S/c1-6-32-18-12-14(13-19(33-7-2)20(18)34-8-3)21(27)26-24(35)25-17-10-15(22(28)30-4)9-16(11-17)23(29)31-5/h9-13H,6-8H2,1-5H3,(H2,25,26,27,35). The summed E-state index contributed by atoms with van der Waals surface area (Å²) in [5.74, 6) is -0.728. The van der Waals surface area contributed by atoms with Crippen molar-refractivity contribution in [1.29, 1.82) is 0 Å². The fraction of sp³-hybridized carbons (Fsp3) is 0.333. The molecule has 0 heterocycles. The molecule has 2 aromatic carbocycles. The SMILES string of the molecule is CCOc1cc(C(=O)NC(=S)Nc2cc(C(=O)OC)cc(C(=O)OC)c2)cc(OCC)c1OCC. The Kier molecular flexibility index (Phi) is 10.3. The van der Waals surface area contributed by atoms with E-state index in [-0.39, 0.29) is 27.5 Å². The molecule has 0 saturated carbocycles. The molecule has 1 amide bonds. The lowest BCUT2D eigenvalue weighted by Gasteiger charge is -2.17. The normalized spacial score (nSPS) is 10.1. The van der Waals surface area contributed by atoms with Gasteiger partial charge in [0.15, 0.2) is 16.6 Å². The molecule has 0 aliphatic carbocycles. The number of thiocarbonyl (C=S) groups is 1. The van der Waals surface area contributed by atoms with Crippen LogP contribution in [0.15, 0.2) is 30.3 Å². The Morgan fingerprint density at radius 3 is 1.66 bits per heavy atom. The molecular formula is C24H28N2O8S. The number of methoxy groups -OCH3 is 2. The second-order valence-corrected chi connectivity index (χ2v) is 7.20. The van der Waals surface area contributed by atoms with Gasteiger partial charge in [0.05, 0.1) is 45.2 Å². The summed E-state index contributed by atoms with van der Waals surface area (Å²) in [6.07, 6.45) is 0. The molecule has 188 valence electrons. The largest absolute Gasteiger partial charge is 0.490 e. The van der Waals surface area contributed by atoms with E-state index >= 15 is 0 Å². The molecule has 0 radical (unpaired) electrons. The monoisotopic (exact) mass is 504 g/mol. The smallest absolute Gasteiger partial charge is 0.337 e. The van der Waals surface area contributed by atoms with Gasteiger partial charge in [0.25, 0.3) is 5.91 Å². The van der Waals surface area contributed by atoms with Crippen LogP contribution in [0.3, 0.4) is 0 Å². The molecule has 0 unspecified atom stereocenters. The van der Waals surface area contributed by atoms with E-state index in [9.17, 15) is 14.4 Å². The van der Waals surface area contributed by atoms with Crippen LogP contribution in [0.5, 0.6) is 17.2 Å². The highest BCUT2D eigenvalue weighted by atomic mass is 32.1. The van der Waals surface area contributed by atoms with Crippen molar-refractivity contribution in [3.63, 3.8) is 0 Å². The summed E-state index contributed by atoms with van der Waals surface area (Å²) in [5.41, 5.74) is 0.695. The fourth-order valence-corrected chi connectivity index (χ4v) is 3.24. The van der Waals surface area contributed by atoms with Crippen LogP contribution in [-0.4, -0.2) is 57.0 Å². The van der Waals surface area contributed by atoms with Crippen molar-refractivity contribution >= 4 is 40.9 Å². The van der Waals surface area contributed by atoms with E-state index in [0.29, 0.717) is 37.1 Å². The Balaban J connectivity index is 2.30. The first kappa shape index (κ1) is 27.4. The number of carbonyl (C=O) groups is 3. The van der Waals surface area contributed by atoms with E-state index < -0.39 is 17.8 Å². The number of benzene rings is 2. The number of nitrogens with one attached hydrogen (secondary N) is 2. The van der Waals surface area contributed by atoms with Crippen LogP contribution in [0.2, 0.25) is 0 Å². The van der Waals surface area contributed by atoms with Gasteiger partial charge in [0.1, 0.15) is 0 Å². The van der Waals surface area contributed by atoms with Crippen LogP contribution >= 0.6 is 12.2 Å². The molecule has 2 aromatic rings. The van der Waals surface area contributed by atoms with Gasteiger partial charge in [-0.25, -0.2) is 9.59 Å². The lowest BCUT2D eigenvalue weighted by molar-refractivity contribution is 0.0599. The van der Waals surface area contributed by atoms with Gasteiger partial charge in [-0.15, -0.1) is 0 Å². The van der Waals surface area contributed by atoms with Gasteiger partial charge in [-0.1, -0.05) is 0 Å². The first-order chi connectivity index (χ1) is 16.8. The van der Waals surface area contributed by atoms with Gasteiger partial charge in [0, 0.05) is 11.3 Å². The summed E-state index contributed by atoms with van der Waals surface area (Å²) in [4.78, 5) is 36.9. The van der Waals surface area contributed by atoms with Crippen LogP contribution in [0.25, 0.3) is 0 Å². The molecule has 0 atom stereocenters. The third kappa shape index (κ3) is 7.31. The molecule has 0 aliphatic heterocycles. The second-order valence-electron chi connectivity index (χ2n) is 6.79. The van der Waals surface area contributed by atoms with Crippen LogP contribution in [-0.2, 0) is 9.47 Å². The summed E-state index contributed by atoms with van der Waals surface area (Å²) in [7, 11) is 2.43. The van der Waals surface area contributed by atoms with E-state index in [4.69, 9.17) is 35.9 Å². The maximum atomic E-state index is 12.9. The third-order valence-electron chi connectivity index (χ3n) is 4.43. The average molecular weight is 505 g/mol. The maximum Gasteiger partial charge on any atom is 0.337 e. The highest BCUT2D eigenvalue weighted by Crippen LogP contribution is 2.39. The first-order valence-electron chi connectivity index (χ1n) is 10.8. The molecule has 0 bridgehead atoms. The summed E-state index contributed by atoms with van der Waals surface area (Å²) >= 11 is 5.26. The number of anilines is 1. The zero-order chi connectivity index (χ0) is 26.0. The van der Waals surface area contributed by atoms with Crippen molar-refractivity contribution < 1.29 is 38.1 Å². The number of ether oxygens (including phenoxy) is 5. The quantitative estimate of drug-likeness (QED) is 0.367. The topological polar surface area (TPSA) is 121 Å². The highest BCUT2D eigenvalue weighted by Gasteiger charge is 2.20. The van der Waals surface area contributed by atoms with Gasteiger partial charge in [-0.05, 0) is 63.3 Å². The number of amides is 1. The molecule has 2 N–H and O–H groups in total. The summed E-state index contributed by atoms with van der Waals surface area (Å²) in [6, 6.07) is 7.24. The molecular weight excluding hydrogens is 476 g/mol. The van der Waals surface area contributed by atoms with E-state index in [1.54, 1.807) is 0 Å². The van der Waals surface area contributed by atoms with E-state index in [1.165, 1.54) is 44.6 Å². The minimum absolute atomic E-state index is 0.0716. The number of rotatable bonds is 10. The molecule has 0 aromatic heterocycles. The van der Waals surface area contributed by atoms with Gasteiger partial charge in [0.2, 0.25) is 5.75 Å². The van der Waals surface area contributed by atoms with Crippen LogP contribution < -0.4 is 24.8 Å². The maximum absolute atomic E-state index is 12.9. The van der Waals surface area contributed by atoms with Gasteiger partial charge >= 0.3 is 11.9 Å². The number of hydrogen-bond acceptors (Lipinski definition) is 9. The van der Waals surface area contributed by atoms with Crippen molar-refractivity contribution in [2.45, 2.75) is 20.8 Å². The van der Waals surface area contributed by atoms with Crippen molar-refractivity contribution in [3.05, 3.63) is 47.0 Å². The molecule has 0 spiro atoms. The Morgan fingerprint density at radius 1 is 0.743 bits per heavy atom. The number of hydrogen-bond donors (Lipinski definition) is 2. The van der Waals surface area contributed by atoms with Crippen LogP contribution in [0.4, 0.5) is 5.69 Å². The zero-order valence-corrected chi connectivity index (χ0v) is 21.0. The van der Waals surface area contributed by atoms with Gasteiger partial charge < -0.3 is 29.0 Å². The van der Waals surface area contributed by atoms with Crippen LogP contribution in [0, 0.1) is 0 Å². The van der Waals surface area contributed by atoms with Gasteiger partial charge in [-0.2, -0.15) is 0 Å². The van der Waals surface area contributed by atoms with Gasteiger partial charge in [-0.3, -0.25) is 10.1 Å². The fourth-order valence-electron chi connectivity index (χ4n) is 3.03. The first-order valence-corrected chi connectivity index (χ1v) is 11.2. The highest BCUT2D eigenvalue weighted by molar-refractivity contribution is 7.80. The predicted octanol–water partition coefficient (Wildman–Crippen LogP) is 3.58. The van der Waals surface area contributed by atoms with Crippen molar-refractivity contribution in [2.24, 2.45) is 0 Å².